The fourth-order valence-electron chi connectivity index (χ4n) is 9.91. The van der Waals surface area contributed by atoms with Crippen LogP contribution in [0.15, 0.2) is 11.6 Å². The maximum absolute atomic E-state index is 12.8. The first kappa shape index (κ1) is 33.4. The quantitative estimate of drug-likeness (QED) is 0.164. The average molecular weight is 610 g/mol. The molecule has 0 aromatic heterocycles. The molecule has 0 saturated heterocycles. The number of carbonyl (C=O) groups excluding carboxylic acids is 1. The largest absolute Gasteiger partial charge is 0.480 e. The van der Waals surface area contributed by atoms with E-state index in [1.54, 1.807) is 0 Å². The predicted octanol–water partition coefficient (Wildman–Crippen LogP) is 6.81. The number of carbonyl (C=O) groups is 2. The van der Waals surface area contributed by atoms with Gasteiger partial charge in [-0.1, -0.05) is 72.5 Å². The molecule has 3 saturated carbocycles. The highest BCUT2D eigenvalue weighted by Crippen LogP contribution is 2.67. The van der Waals surface area contributed by atoms with Crippen molar-refractivity contribution < 1.29 is 31.8 Å². The van der Waals surface area contributed by atoms with Crippen LogP contribution >= 0.6 is 0 Å². The number of amides is 1. The molecule has 0 bridgehead atoms. The molecule has 2 unspecified atom stereocenters. The zero-order valence-corrected chi connectivity index (χ0v) is 27.4. The molecule has 11 atom stereocenters. The highest BCUT2D eigenvalue weighted by molar-refractivity contribution is 7.80. The van der Waals surface area contributed by atoms with Crippen LogP contribution in [-0.4, -0.2) is 42.1 Å². The molecule has 8 nitrogen and oxygen atoms in total. The average Bonchev–Trinajstić information content (AvgIpc) is 3.27. The molecule has 3 N–H and O–H groups in total. The summed E-state index contributed by atoms with van der Waals surface area (Å²) in [6.07, 6.45) is 13.6. The lowest BCUT2D eigenvalue weighted by Crippen LogP contribution is -2.51. The summed E-state index contributed by atoms with van der Waals surface area (Å²) in [5.41, 5.74) is 1.73. The Morgan fingerprint density at radius 1 is 1.07 bits per heavy atom. The minimum atomic E-state index is -4.44. The maximum atomic E-state index is 12.8. The van der Waals surface area contributed by atoms with Gasteiger partial charge in [0.1, 0.15) is 6.04 Å². The van der Waals surface area contributed by atoms with E-state index in [0.29, 0.717) is 54.3 Å². The second kappa shape index (κ2) is 12.9. The van der Waals surface area contributed by atoms with E-state index in [1.807, 2.05) is 20.8 Å². The molecule has 0 spiro atoms. The smallest absolute Gasteiger partial charge is 0.397 e. The molecule has 0 aromatic rings. The molecule has 1 amide bonds. The van der Waals surface area contributed by atoms with Crippen molar-refractivity contribution in [2.75, 3.05) is 0 Å². The van der Waals surface area contributed by atoms with Crippen molar-refractivity contribution in [1.29, 1.82) is 0 Å². The van der Waals surface area contributed by atoms with Gasteiger partial charge in [-0.3, -0.25) is 9.35 Å². The Labute approximate surface area is 253 Å². The van der Waals surface area contributed by atoms with Crippen molar-refractivity contribution in [3.05, 3.63) is 11.6 Å². The van der Waals surface area contributed by atoms with E-state index >= 15 is 0 Å². The second-order valence-electron chi connectivity index (χ2n) is 14.9. The Balaban J connectivity index is 1.33. The van der Waals surface area contributed by atoms with Crippen molar-refractivity contribution in [3.8, 4) is 0 Å². The van der Waals surface area contributed by atoms with Gasteiger partial charge in [-0.25, -0.2) is 8.98 Å². The maximum Gasteiger partial charge on any atom is 0.397 e. The molecular weight excluding hydrogens is 554 g/mol. The molecule has 0 aromatic carbocycles. The first-order valence-electron chi connectivity index (χ1n) is 16.5. The molecule has 9 heteroatoms. The van der Waals surface area contributed by atoms with Gasteiger partial charge in [0.05, 0.1) is 6.10 Å². The van der Waals surface area contributed by atoms with Gasteiger partial charge in [-0.05, 0) is 104 Å². The van der Waals surface area contributed by atoms with E-state index in [9.17, 15) is 27.7 Å². The number of aliphatic carboxylic acids is 1. The first-order valence-corrected chi connectivity index (χ1v) is 17.9. The van der Waals surface area contributed by atoms with Gasteiger partial charge in [0, 0.05) is 5.92 Å². The van der Waals surface area contributed by atoms with Gasteiger partial charge in [-0.15, -0.1) is 0 Å². The Kier molecular flexibility index (Phi) is 10.3. The number of nitrogens with one attached hydrogen (secondary N) is 1. The summed E-state index contributed by atoms with van der Waals surface area (Å²) in [6.45, 7) is 13.0. The van der Waals surface area contributed by atoms with Gasteiger partial charge in [0.15, 0.2) is 0 Å². The Bertz CT molecular complexity index is 1140. The highest BCUT2D eigenvalue weighted by atomic mass is 32.3. The molecule has 0 aliphatic heterocycles. The van der Waals surface area contributed by atoms with Gasteiger partial charge >= 0.3 is 16.4 Å². The number of allylic oxidation sites excluding steroid dienone is 1. The third-order valence-corrected chi connectivity index (χ3v) is 13.1. The van der Waals surface area contributed by atoms with Crippen LogP contribution in [0.1, 0.15) is 119 Å². The first-order chi connectivity index (χ1) is 19.6. The zero-order chi connectivity index (χ0) is 31.0. The van der Waals surface area contributed by atoms with Crippen LogP contribution in [0.4, 0.5) is 0 Å². The van der Waals surface area contributed by atoms with Crippen molar-refractivity contribution in [2.45, 2.75) is 131 Å². The van der Waals surface area contributed by atoms with Crippen molar-refractivity contribution in [2.24, 2.45) is 52.3 Å². The molecule has 42 heavy (non-hydrogen) atoms. The lowest BCUT2D eigenvalue weighted by Gasteiger charge is -2.58. The van der Waals surface area contributed by atoms with E-state index in [-0.39, 0.29) is 23.2 Å². The van der Waals surface area contributed by atoms with E-state index in [2.05, 4.69) is 32.2 Å². The molecular formula is C33H55NO7S. The summed E-state index contributed by atoms with van der Waals surface area (Å²) in [4.78, 5) is 24.4. The summed E-state index contributed by atoms with van der Waals surface area (Å²) in [5.74, 6) is 1.80. The van der Waals surface area contributed by atoms with Gasteiger partial charge in [0.2, 0.25) is 5.91 Å². The van der Waals surface area contributed by atoms with Crippen LogP contribution in [0.5, 0.6) is 0 Å². The zero-order valence-electron chi connectivity index (χ0n) is 26.6. The van der Waals surface area contributed by atoms with Gasteiger partial charge in [0.25, 0.3) is 0 Å². The number of fused-ring (bicyclic) bond motifs is 5. The van der Waals surface area contributed by atoms with Crippen LogP contribution in [-0.2, 0) is 24.2 Å². The topological polar surface area (TPSA) is 130 Å². The Morgan fingerprint density at radius 3 is 2.43 bits per heavy atom. The Hall–Kier alpha value is -1.45. The molecule has 3 fully saturated rings. The van der Waals surface area contributed by atoms with Crippen molar-refractivity contribution in [3.63, 3.8) is 0 Å². The number of carboxylic acids is 1. The molecule has 4 aliphatic rings. The lowest BCUT2D eigenvalue weighted by molar-refractivity contribution is -0.144. The van der Waals surface area contributed by atoms with Crippen molar-refractivity contribution in [1.82, 2.24) is 5.32 Å². The van der Waals surface area contributed by atoms with Gasteiger partial charge in [-0.2, -0.15) is 8.42 Å². The lowest BCUT2D eigenvalue weighted by atomic mass is 9.47. The predicted molar refractivity (Wildman–Crippen MR) is 163 cm³/mol. The SMILES string of the molecule is CC[C@H](C)[C@H](NC(=O)C(C)CCCC(C)[C@H]1CC[C@H]2[C@@H]3CC=C4C[C@@H](OS(=O)(=O)O)CC[C@]4(C)[C@H]3CC[C@]12C)C(=O)O. The summed E-state index contributed by atoms with van der Waals surface area (Å²) in [7, 11) is -4.44. The van der Waals surface area contributed by atoms with E-state index < -0.39 is 28.5 Å². The van der Waals surface area contributed by atoms with Crippen LogP contribution in [0.25, 0.3) is 0 Å². The number of rotatable bonds is 12. The molecule has 4 rings (SSSR count). The van der Waals surface area contributed by atoms with Gasteiger partial charge < -0.3 is 10.4 Å². The number of hydrogen-bond donors (Lipinski definition) is 3. The van der Waals surface area contributed by atoms with Crippen LogP contribution in [0.3, 0.4) is 0 Å². The minimum Gasteiger partial charge on any atom is -0.480 e. The van der Waals surface area contributed by atoms with E-state index in [4.69, 9.17) is 4.18 Å². The highest BCUT2D eigenvalue weighted by Gasteiger charge is 2.59. The fraction of sp³-hybridized carbons (Fsp3) is 0.879. The number of carboxylic acid groups (broad SMARTS) is 1. The monoisotopic (exact) mass is 609 g/mol. The summed E-state index contributed by atoms with van der Waals surface area (Å²) in [5, 5.41) is 12.3. The van der Waals surface area contributed by atoms with Crippen molar-refractivity contribution >= 4 is 22.3 Å². The van der Waals surface area contributed by atoms with Crippen LogP contribution in [0, 0.1) is 52.3 Å². The fourth-order valence-corrected chi connectivity index (χ4v) is 10.4. The molecule has 0 heterocycles. The second-order valence-corrected chi connectivity index (χ2v) is 15.9. The third kappa shape index (κ3) is 6.78. The van der Waals surface area contributed by atoms with Crippen LogP contribution in [0.2, 0.25) is 0 Å². The summed E-state index contributed by atoms with van der Waals surface area (Å²) in [6, 6.07) is -0.831. The number of hydrogen-bond acceptors (Lipinski definition) is 5. The Morgan fingerprint density at radius 2 is 1.79 bits per heavy atom. The van der Waals surface area contributed by atoms with E-state index in [0.717, 1.165) is 32.1 Å². The summed E-state index contributed by atoms with van der Waals surface area (Å²) < 4.78 is 36.8. The normalized spacial score (nSPS) is 37.3. The molecule has 4 aliphatic carbocycles. The summed E-state index contributed by atoms with van der Waals surface area (Å²) >= 11 is 0. The third-order valence-electron chi connectivity index (χ3n) is 12.6. The van der Waals surface area contributed by atoms with Crippen LogP contribution < -0.4 is 5.32 Å². The molecule has 240 valence electrons. The standard InChI is InChI=1S/C33H55NO7S/c1-7-20(2)29(31(36)37)34-30(35)22(4)10-8-9-21(3)26-13-14-27-25-12-11-23-19-24(41-42(38,39)40)15-17-32(23,5)28(25)16-18-33(26,27)6/h11,20-22,24-29H,7-10,12-19H2,1-6H3,(H,34,35)(H,36,37)(H,38,39,40)/t20-,21?,22?,24-,25-,26+,27-,28-,29-,32-,33+/m0/s1. The molecule has 0 radical (unpaired) electrons. The van der Waals surface area contributed by atoms with E-state index in [1.165, 1.54) is 31.3 Å². The minimum absolute atomic E-state index is 0.0817.